The van der Waals surface area contributed by atoms with Gasteiger partial charge in [0.2, 0.25) is 0 Å². The van der Waals surface area contributed by atoms with Crippen molar-refractivity contribution in [3.63, 3.8) is 0 Å². The van der Waals surface area contributed by atoms with Crippen LogP contribution in [0.25, 0.3) is 10.8 Å². The Labute approximate surface area is 263 Å². The molecule has 5 rings (SSSR count). The first-order valence-corrected chi connectivity index (χ1v) is 14.9. The van der Waals surface area contributed by atoms with Crippen molar-refractivity contribution in [2.75, 3.05) is 62.9 Å². The second-order valence-electron chi connectivity index (χ2n) is 11.8. The normalized spacial score (nSPS) is 13.7. The molecule has 1 fully saturated rings. The molecule has 1 aliphatic heterocycles. The molecule has 3 amide bonds. The van der Waals surface area contributed by atoms with Crippen molar-refractivity contribution in [2.45, 2.75) is 26.2 Å². The fourth-order valence-electron chi connectivity index (χ4n) is 5.15. The summed E-state index contributed by atoms with van der Waals surface area (Å²) in [4.78, 5) is 33.1. The predicted molar refractivity (Wildman–Crippen MR) is 177 cm³/mol. The smallest absolute Gasteiger partial charge is 0.323 e. The minimum atomic E-state index is -0.487. The number of nitrogens with two attached hydrogens (primary N) is 1. The highest BCUT2D eigenvalue weighted by Gasteiger charge is 2.24. The van der Waals surface area contributed by atoms with Crippen LogP contribution in [0.4, 0.5) is 22.0 Å². The number of morpholine rings is 1. The number of hydrogen-bond donors (Lipinski definition) is 4. The number of nitrogens with zero attached hydrogens (tertiary/aromatic N) is 2. The number of aromatic nitrogens is 1. The molecule has 45 heavy (non-hydrogen) atoms. The molecule has 4 aromatic rings. The van der Waals surface area contributed by atoms with Crippen molar-refractivity contribution < 1.29 is 23.8 Å². The minimum absolute atomic E-state index is 0.271. The number of ether oxygens (including phenoxy) is 3. The summed E-state index contributed by atoms with van der Waals surface area (Å²) in [6, 6.07) is 17.7. The number of anilines is 3. The van der Waals surface area contributed by atoms with Crippen molar-refractivity contribution >= 4 is 39.9 Å². The number of carbonyl (C=O) groups excluding carboxylic acids is 2. The van der Waals surface area contributed by atoms with Gasteiger partial charge in [0.15, 0.2) is 5.75 Å². The van der Waals surface area contributed by atoms with Crippen LogP contribution in [0.2, 0.25) is 0 Å². The van der Waals surface area contributed by atoms with E-state index in [1.54, 1.807) is 30.5 Å². The van der Waals surface area contributed by atoms with Crippen LogP contribution in [-0.2, 0) is 10.2 Å². The standard InChI is InChI=1S/C34H40N6O5/c1-34(2,3)22-19-26(32(41)37-13-14-40-15-17-44-18-16-40)31(43-4)28(20-22)39-33(42)38-27-9-10-29(25-8-6-5-7-24(25)27)45-23-11-12-36-30(35)21-23/h5-12,19-21H,13-18H2,1-4H3,(H2,35,36)(H,37,41)(H2,38,39,42). The highest BCUT2D eigenvalue weighted by molar-refractivity contribution is 6.09. The molecule has 0 spiro atoms. The van der Waals surface area contributed by atoms with Gasteiger partial charge in [-0.1, -0.05) is 45.0 Å². The second kappa shape index (κ2) is 13.8. The van der Waals surface area contributed by atoms with Crippen molar-refractivity contribution in [3.05, 3.63) is 78.0 Å². The topological polar surface area (TPSA) is 140 Å². The molecule has 0 radical (unpaired) electrons. The van der Waals surface area contributed by atoms with E-state index in [1.807, 2.05) is 36.4 Å². The van der Waals surface area contributed by atoms with E-state index in [4.69, 9.17) is 19.9 Å². The molecule has 0 atom stereocenters. The van der Waals surface area contributed by atoms with Crippen LogP contribution in [0.3, 0.4) is 0 Å². The zero-order valence-electron chi connectivity index (χ0n) is 26.1. The lowest BCUT2D eigenvalue weighted by atomic mass is 9.85. The van der Waals surface area contributed by atoms with Gasteiger partial charge in [-0.25, -0.2) is 9.78 Å². The summed E-state index contributed by atoms with van der Waals surface area (Å²) in [6.07, 6.45) is 1.58. The summed E-state index contributed by atoms with van der Waals surface area (Å²) in [5, 5.41) is 10.5. The van der Waals surface area contributed by atoms with Gasteiger partial charge in [-0.05, 0) is 41.3 Å². The fraction of sp³-hybridized carbons (Fsp3) is 0.324. The summed E-state index contributed by atoms with van der Waals surface area (Å²) in [6.45, 7) is 10.4. The number of benzene rings is 3. The highest BCUT2D eigenvalue weighted by atomic mass is 16.5. The third-order valence-electron chi connectivity index (χ3n) is 7.58. The summed E-state index contributed by atoms with van der Waals surface area (Å²) in [7, 11) is 1.49. The predicted octanol–water partition coefficient (Wildman–Crippen LogP) is 5.62. The Morgan fingerprint density at radius 2 is 1.71 bits per heavy atom. The van der Waals surface area contributed by atoms with E-state index in [-0.39, 0.29) is 17.1 Å². The zero-order valence-corrected chi connectivity index (χ0v) is 26.1. The summed E-state index contributed by atoms with van der Waals surface area (Å²) in [5.74, 6) is 1.52. The molecular formula is C34H40N6O5. The van der Waals surface area contributed by atoms with E-state index in [1.165, 1.54) is 7.11 Å². The molecule has 0 aliphatic carbocycles. The van der Waals surface area contributed by atoms with Gasteiger partial charge in [-0.3, -0.25) is 9.69 Å². The average Bonchev–Trinajstić information content (AvgIpc) is 3.02. The van der Waals surface area contributed by atoms with E-state index in [0.29, 0.717) is 54.0 Å². The Morgan fingerprint density at radius 1 is 0.978 bits per heavy atom. The number of urea groups is 1. The SMILES string of the molecule is COc1c(NC(=O)Nc2ccc(Oc3ccnc(N)c3)c3ccccc23)cc(C(C)(C)C)cc1C(=O)NCCN1CCOCC1. The third-order valence-corrected chi connectivity index (χ3v) is 7.58. The maximum Gasteiger partial charge on any atom is 0.323 e. The Bertz CT molecular complexity index is 1680. The van der Waals surface area contributed by atoms with Crippen LogP contribution in [0, 0.1) is 0 Å². The van der Waals surface area contributed by atoms with Crippen LogP contribution in [-0.4, -0.2) is 68.3 Å². The molecule has 0 bridgehead atoms. The van der Waals surface area contributed by atoms with Crippen molar-refractivity contribution in [1.82, 2.24) is 15.2 Å². The summed E-state index contributed by atoms with van der Waals surface area (Å²) >= 11 is 0. The highest BCUT2D eigenvalue weighted by Crippen LogP contribution is 2.37. The first kappa shape index (κ1) is 31.6. The number of methoxy groups -OCH3 is 1. The van der Waals surface area contributed by atoms with E-state index < -0.39 is 6.03 Å². The number of nitrogens with one attached hydrogen (secondary N) is 3. The van der Waals surface area contributed by atoms with Crippen LogP contribution in [0.1, 0.15) is 36.7 Å². The molecule has 1 aliphatic rings. The Balaban J connectivity index is 1.37. The Morgan fingerprint density at radius 3 is 2.42 bits per heavy atom. The molecule has 236 valence electrons. The van der Waals surface area contributed by atoms with Crippen LogP contribution >= 0.6 is 0 Å². The van der Waals surface area contributed by atoms with Gasteiger partial charge in [0.25, 0.3) is 5.91 Å². The lowest BCUT2D eigenvalue weighted by Gasteiger charge is -2.26. The minimum Gasteiger partial charge on any atom is -0.494 e. The van der Waals surface area contributed by atoms with Crippen molar-refractivity contribution in [2.24, 2.45) is 0 Å². The van der Waals surface area contributed by atoms with Gasteiger partial charge >= 0.3 is 6.03 Å². The second-order valence-corrected chi connectivity index (χ2v) is 11.8. The van der Waals surface area contributed by atoms with Gasteiger partial charge in [0.1, 0.15) is 17.3 Å². The summed E-state index contributed by atoms with van der Waals surface area (Å²) < 4.78 is 17.2. The van der Waals surface area contributed by atoms with Crippen molar-refractivity contribution in [3.8, 4) is 17.2 Å². The first-order chi connectivity index (χ1) is 21.6. The number of carbonyl (C=O) groups is 2. The molecule has 0 saturated carbocycles. The monoisotopic (exact) mass is 612 g/mol. The van der Waals surface area contributed by atoms with Crippen LogP contribution < -0.4 is 31.2 Å². The maximum absolute atomic E-state index is 13.5. The molecule has 0 unspecified atom stereocenters. The number of pyridine rings is 1. The van der Waals surface area contributed by atoms with Gasteiger partial charge in [-0.15, -0.1) is 0 Å². The quantitative estimate of drug-likeness (QED) is 0.191. The van der Waals surface area contributed by atoms with E-state index in [0.717, 1.165) is 36.0 Å². The third kappa shape index (κ3) is 7.81. The molecule has 1 saturated heterocycles. The van der Waals surface area contributed by atoms with E-state index in [9.17, 15) is 9.59 Å². The van der Waals surface area contributed by atoms with Gasteiger partial charge in [0.05, 0.1) is 37.3 Å². The average molecular weight is 613 g/mol. The molecule has 3 aromatic carbocycles. The van der Waals surface area contributed by atoms with Gasteiger partial charge < -0.3 is 35.9 Å². The molecule has 11 nitrogen and oxygen atoms in total. The molecule has 11 heteroatoms. The maximum atomic E-state index is 13.5. The summed E-state index contributed by atoms with van der Waals surface area (Å²) in [5.41, 5.74) is 7.71. The first-order valence-electron chi connectivity index (χ1n) is 14.9. The number of nitrogen functional groups attached to an aromatic ring is 1. The number of amides is 3. The van der Waals surface area contributed by atoms with Gasteiger partial charge in [-0.2, -0.15) is 0 Å². The Hall–Kier alpha value is -4.87. The Kier molecular flexibility index (Phi) is 9.70. The number of rotatable bonds is 9. The fourth-order valence-corrected chi connectivity index (χ4v) is 5.15. The van der Waals surface area contributed by atoms with E-state index >= 15 is 0 Å². The molecular weight excluding hydrogens is 572 g/mol. The number of fused-ring (bicyclic) bond motifs is 1. The lowest BCUT2D eigenvalue weighted by molar-refractivity contribution is 0.0383. The largest absolute Gasteiger partial charge is 0.494 e. The van der Waals surface area contributed by atoms with Gasteiger partial charge in [0, 0.05) is 49.2 Å². The van der Waals surface area contributed by atoms with Crippen molar-refractivity contribution in [1.29, 1.82) is 0 Å². The lowest BCUT2D eigenvalue weighted by Crippen LogP contribution is -2.41. The molecule has 1 aromatic heterocycles. The van der Waals surface area contributed by atoms with Crippen LogP contribution in [0.5, 0.6) is 17.2 Å². The molecule has 5 N–H and O–H groups in total. The van der Waals surface area contributed by atoms with E-state index in [2.05, 4.69) is 46.6 Å². The molecule has 2 heterocycles. The van der Waals surface area contributed by atoms with Crippen LogP contribution in [0.15, 0.2) is 66.9 Å². The number of hydrogen-bond acceptors (Lipinski definition) is 8. The zero-order chi connectivity index (χ0) is 32.0.